The zero-order valence-electron chi connectivity index (χ0n) is 13.2. The first-order valence-corrected chi connectivity index (χ1v) is 8.13. The second kappa shape index (κ2) is 6.96. The van der Waals surface area contributed by atoms with E-state index in [0.717, 1.165) is 32.4 Å². The van der Waals surface area contributed by atoms with E-state index in [4.69, 9.17) is 0 Å². The van der Waals surface area contributed by atoms with E-state index in [2.05, 4.69) is 19.9 Å². The first-order valence-electron chi connectivity index (χ1n) is 8.13. The minimum Gasteiger partial charge on any atom is -0.467 e. The molecule has 0 bridgehead atoms. The van der Waals surface area contributed by atoms with Crippen molar-refractivity contribution in [2.75, 3.05) is 19.7 Å². The van der Waals surface area contributed by atoms with Gasteiger partial charge in [0.15, 0.2) is 6.61 Å². The van der Waals surface area contributed by atoms with Crippen molar-refractivity contribution in [3.63, 3.8) is 0 Å². The number of carbonyl (C=O) groups excluding carboxylic acids is 1. The van der Waals surface area contributed by atoms with Crippen molar-refractivity contribution in [2.24, 2.45) is 0 Å². The Morgan fingerprint density at radius 1 is 1.33 bits per heavy atom. The molecule has 5 nitrogen and oxygen atoms in total. The van der Waals surface area contributed by atoms with E-state index in [1.807, 2.05) is 0 Å². The Morgan fingerprint density at radius 2 is 2.17 bits per heavy atom. The number of hydrogen-bond donors (Lipinski definition) is 1. The van der Waals surface area contributed by atoms with Crippen LogP contribution in [0.15, 0.2) is 18.3 Å². The summed E-state index contributed by atoms with van der Waals surface area (Å²) >= 11 is 0. The Morgan fingerprint density at radius 3 is 2.96 bits per heavy atom. The molecule has 0 radical (unpaired) electrons. The molecule has 1 aromatic heterocycles. The summed E-state index contributed by atoms with van der Waals surface area (Å²) in [4.78, 5) is 18.6. The van der Waals surface area contributed by atoms with Crippen LogP contribution in [0.5, 0.6) is 5.88 Å². The van der Waals surface area contributed by atoms with Crippen LogP contribution in [0.2, 0.25) is 0 Å². The lowest BCUT2D eigenvalue weighted by Gasteiger charge is -2.32. The maximum Gasteiger partial charge on any atom is 0.422 e. The molecule has 8 heteroatoms. The number of halogens is 3. The molecule has 0 saturated carbocycles. The molecule has 1 aromatic rings. The molecule has 2 aliphatic rings. The molecular weight excluding hydrogens is 323 g/mol. The highest BCUT2D eigenvalue weighted by molar-refractivity contribution is 5.96. The van der Waals surface area contributed by atoms with Crippen LogP contribution in [0, 0.1) is 0 Å². The standard InChI is InChI=1S/C16H20F3N3O2/c17-16(18,19)10-24-15-11(4-3-7-20-15)14(23)21-12-6-9-22-8-2-1-5-13(12)22/h3-4,7,12-13H,1-2,5-6,8-10H2,(H,21,23). The monoisotopic (exact) mass is 343 g/mol. The summed E-state index contributed by atoms with van der Waals surface area (Å²) in [5, 5.41) is 2.95. The topological polar surface area (TPSA) is 54.5 Å². The zero-order valence-corrected chi connectivity index (χ0v) is 13.2. The van der Waals surface area contributed by atoms with Crippen LogP contribution in [0.25, 0.3) is 0 Å². The van der Waals surface area contributed by atoms with E-state index in [1.54, 1.807) is 0 Å². The third-order valence-corrected chi connectivity index (χ3v) is 4.56. The molecule has 2 unspecified atom stereocenters. The fourth-order valence-corrected chi connectivity index (χ4v) is 3.49. The van der Waals surface area contributed by atoms with E-state index < -0.39 is 18.7 Å². The molecule has 24 heavy (non-hydrogen) atoms. The van der Waals surface area contributed by atoms with Gasteiger partial charge in [0.25, 0.3) is 5.91 Å². The number of nitrogens with zero attached hydrogens (tertiary/aromatic N) is 2. The third-order valence-electron chi connectivity index (χ3n) is 4.56. The second-order valence-corrected chi connectivity index (χ2v) is 6.23. The van der Waals surface area contributed by atoms with Gasteiger partial charge >= 0.3 is 6.18 Å². The van der Waals surface area contributed by atoms with Gasteiger partial charge in [-0.15, -0.1) is 0 Å². The summed E-state index contributed by atoms with van der Waals surface area (Å²) in [6, 6.07) is 3.28. The van der Waals surface area contributed by atoms with Crippen LogP contribution in [0.3, 0.4) is 0 Å². The zero-order chi connectivity index (χ0) is 17.2. The van der Waals surface area contributed by atoms with E-state index >= 15 is 0 Å². The number of amides is 1. The maximum absolute atomic E-state index is 12.5. The number of pyridine rings is 1. The SMILES string of the molecule is O=C(NC1CCN2CCCCC12)c1cccnc1OCC(F)(F)F. The number of ether oxygens (including phenoxy) is 1. The summed E-state index contributed by atoms with van der Waals surface area (Å²) in [5.41, 5.74) is 0.0380. The predicted molar refractivity (Wildman–Crippen MR) is 80.9 cm³/mol. The molecule has 0 spiro atoms. The number of hydrogen-bond acceptors (Lipinski definition) is 4. The molecule has 2 saturated heterocycles. The number of fused-ring (bicyclic) bond motifs is 1. The number of carbonyl (C=O) groups is 1. The normalized spacial score (nSPS) is 24.5. The van der Waals surface area contributed by atoms with Gasteiger partial charge in [0.1, 0.15) is 5.56 Å². The van der Waals surface area contributed by atoms with Crippen molar-refractivity contribution in [1.29, 1.82) is 0 Å². The van der Waals surface area contributed by atoms with Crippen LogP contribution < -0.4 is 10.1 Å². The van der Waals surface area contributed by atoms with Crippen molar-refractivity contribution in [2.45, 2.75) is 43.9 Å². The van der Waals surface area contributed by atoms with Gasteiger partial charge in [0.05, 0.1) is 0 Å². The molecule has 1 amide bonds. The Balaban J connectivity index is 1.67. The molecule has 2 aliphatic heterocycles. The highest BCUT2D eigenvalue weighted by Crippen LogP contribution is 2.28. The van der Waals surface area contributed by atoms with Gasteiger partial charge < -0.3 is 10.1 Å². The molecule has 0 aliphatic carbocycles. The molecule has 0 aromatic carbocycles. The first-order chi connectivity index (χ1) is 11.4. The number of alkyl halides is 3. The Kier molecular flexibility index (Phi) is 4.93. The highest BCUT2D eigenvalue weighted by atomic mass is 19.4. The lowest BCUT2D eigenvalue weighted by atomic mass is 9.99. The quantitative estimate of drug-likeness (QED) is 0.912. The lowest BCUT2D eigenvalue weighted by molar-refractivity contribution is -0.154. The van der Waals surface area contributed by atoms with Crippen molar-refractivity contribution in [3.05, 3.63) is 23.9 Å². The molecule has 1 N–H and O–H groups in total. The minimum absolute atomic E-state index is 0.0217. The molecular formula is C16H20F3N3O2. The molecule has 132 valence electrons. The first kappa shape index (κ1) is 17.0. The minimum atomic E-state index is -4.47. The van der Waals surface area contributed by atoms with Crippen molar-refractivity contribution >= 4 is 5.91 Å². The summed E-state index contributed by atoms with van der Waals surface area (Å²) in [5.74, 6) is -0.719. The number of aromatic nitrogens is 1. The van der Waals surface area contributed by atoms with E-state index in [9.17, 15) is 18.0 Å². The number of rotatable bonds is 4. The third kappa shape index (κ3) is 3.98. The lowest BCUT2D eigenvalue weighted by Crippen LogP contribution is -2.46. The Hall–Kier alpha value is -1.83. The number of piperidine rings is 1. The van der Waals surface area contributed by atoms with Crippen LogP contribution in [0.1, 0.15) is 36.0 Å². The predicted octanol–water partition coefficient (Wildman–Crippen LogP) is 2.38. The number of nitrogens with one attached hydrogen (secondary N) is 1. The van der Waals surface area contributed by atoms with Gasteiger partial charge in [0, 0.05) is 24.8 Å². The van der Waals surface area contributed by atoms with Crippen LogP contribution in [0.4, 0.5) is 13.2 Å². The van der Waals surface area contributed by atoms with Crippen LogP contribution in [-0.2, 0) is 0 Å². The van der Waals surface area contributed by atoms with Gasteiger partial charge in [-0.3, -0.25) is 9.69 Å². The maximum atomic E-state index is 12.5. The van der Waals surface area contributed by atoms with Gasteiger partial charge in [-0.1, -0.05) is 6.42 Å². The second-order valence-electron chi connectivity index (χ2n) is 6.23. The van der Waals surface area contributed by atoms with E-state index in [-0.39, 0.29) is 17.5 Å². The molecule has 3 heterocycles. The highest BCUT2D eigenvalue weighted by Gasteiger charge is 2.37. The smallest absolute Gasteiger partial charge is 0.422 e. The summed E-state index contributed by atoms with van der Waals surface area (Å²) in [7, 11) is 0. The van der Waals surface area contributed by atoms with Crippen LogP contribution >= 0.6 is 0 Å². The van der Waals surface area contributed by atoms with Crippen molar-refractivity contribution < 1.29 is 22.7 Å². The Bertz CT molecular complexity index is 594. The summed E-state index contributed by atoms with van der Waals surface area (Å²) in [6.45, 7) is 0.522. The van der Waals surface area contributed by atoms with Gasteiger partial charge in [-0.05, 0) is 37.9 Å². The van der Waals surface area contributed by atoms with Gasteiger partial charge in [-0.25, -0.2) is 4.98 Å². The fourth-order valence-electron chi connectivity index (χ4n) is 3.49. The Labute approximate surface area is 138 Å². The van der Waals surface area contributed by atoms with Crippen molar-refractivity contribution in [1.82, 2.24) is 15.2 Å². The molecule has 2 fully saturated rings. The fraction of sp³-hybridized carbons (Fsp3) is 0.625. The summed E-state index contributed by atoms with van der Waals surface area (Å²) in [6.07, 6.45) is 1.04. The van der Waals surface area contributed by atoms with Gasteiger partial charge in [-0.2, -0.15) is 13.2 Å². The van der Waals surface area contributed by atoms with Crippen molar-refractivity contribution in [3.8, 4) is 5.88 Å². The van der Waals surface area contributed by atoms with Gasteiger partial charge in [0.2, 0.25) is 5.88 Å². The average Bonchev–Trinajstić information content (AvgIpc) is 2.96. The average molecular weight is 343 g/mol. The largest absolute Gasteiger partial charge is 0.467 e. The van der Waals surface area contributed by atoms with E-state index in [0.29, 0.717) is 6.04 Å². The van der Waals surface area contributed by atoms with Crippen LogP contribution in [-0.4, -0.2) is 53.7 Å². The molecule has 2 atom stereocenters. The molecule has 3 rings (SSSR count). The summed E-state index contributed by atoms with van der Waals surface area (Å²) < 4.78 is 41.7. The van der Waals surface area contributed by atoms with E-state index in [1.165, 1.54) is 24.8 Å².